The van der Waals surface area contributed by atoms with E-state index in [-0.39, 0.29) is 31.4 Å². The van der Waals surface area contributed by atoms with Crippen LogP contribution in [0.4, 0.5) is 0 Å². The van der Waals surface area contributed by atoms with Crippen LogP contribution in [-0.2, 0) is 42.3 Å². The van der Waals surface area contributed by atoms with E-state index in [4.69, 9.17) is 35.7 Å². The van der Waals surface area contributed by atoms with Crippen LogP contribution in [0.5, 0.6) is 0 Å². The molecule has 0 aliphatic carbocycles. The van der Waals surface area contributed by atoms with Crippen molar-refractivity contribution in [1.82, 2.24) is 0 Å². The Hall–Kier alpha value is -3.08. The summed E-state index contributed by atoms with van der Waals surface area (Å²) in [5.74, 6) is -4.02. The maximum atomic E-state index is 13.2. The predicted molar refractivity (Wildman–Crippen MR) is 255 cm³/mol. The fraction of sp³-hybridized carbons (Fsp3) is 0.702. The van der Waals surface area contributed by atoms with Crippen LogP contribution >= 0.6 is 19.6 Å². The Labute approximate surface area is 387 Å². The molecule has 6 atom stereocenters. The molecule has 0 aromatic heterocycles. The number of phosphoric acid groups is 1. The Balaban J connectivity index is 5.28. The number of carbonyl (C=O) groups is 4. The van der Waals surface area contributed by atoms with Crippen LogP contribution in [0.15, 0.2) is 60.8 Å². The van der Waals surface area contributed by atoms with Crippen molar-refractivity contribution < 1.29 is 62.5 Å². The standard InChI is InChI=1S/C47H81N2O13PS/c1-3-5-7-9-11-13-15-17-18-19-21-23-25-27-29-34-45(53)59-35-39(36-60-63(57,58)61-37-40(48)46(54)55)62-47(56)41(49)38-64-43(42(50)31-30-33-44(51)52)32-28-26-24-22-20-16-14-12-10-8-6-4-2/h12,14,17-18,20,22,24,26,28,32,39-43,50H,3-11,13,15-16,19,21,23,25,27,29-31,33-38,48-49H2,1-2H3,(H,51,52)(H,54,55)(H,57,58)/b14-12-,18-17-,22-20-,26-24+,32-28+/t39-,40+,41+,42+,43-/m1/s1. The fourth-order valence-electron chi connectivity index (χ4n) is 5.89. The van der Waals surface area contributed by atoms with Gasteiger partial charge in [0.25, 0.3) is 0 Å². The number of allylic oxidation sites excluding steroid dienone is 9. The molecule has 0 aromatic carbocycles. The Bertz CT molecular complexity index is 1440. The largest absolute Gasteiger partial charge is 0.481 e. The van der Waals surface area contributed by atoms with E-state index in [1.807, 2.05) is 18.2 Å². The molecular formula is C47H81N2O13PS. The summed E-state index contributed by atoms with van der Waals surface area (Å²) in [5.41, 5.74) is 11.5. The molecule has 0 aromatic rings. The first kappa shape index (κ1) is 60.9. The Morgan fingerprint density at radius 3 is 1.86 bits per heavy atom. The molecule has 8 N–H and O–H groups in total. The first-order valence-corrected chi connectivity index (χ1v) is 25.8. The number of thioether (sulfide) groups is 1. The highest BCUT2D eigenvalue weighted by molar-refractivity contribution is 8.00. The number of phosphoric ester groups is 1. The molecule has 17 heteroatoms. The van der Waals surface area contributed by atoms with Gasteiger partial charge in [-0.1, -0.05) is 139 Å². The van der Waals surface area contributed by atoms with Crippen LogP contribution in [0.2, 0.25) is 0 Å². The second kappa shape index (κ2) is 41.4. The number of ether oxygens (including phenoxy) is 2. The van der Waals surface area contributed by atoms with Crippen LogP contribution in [-0.4, -0.2) is 99.2 Å². The maximum Gasteiger partial charge on any atom is 0.472 e. The lowest BCUT2D eigenvalue weighted by atomic mass is 10.1. The van der Waals surface area contributed by atoms with Gasteiger partial charge < -0.3 is 41.2 Å². The molecule has 368 valence electrons. The number of aliphatic carboxylic acids is 2. The van der Waals surface area contributed by atoms with Crippen LogP contribution in [0.25, 0.3) is 0 Å². The molecule has 64 heavy (non-hydrogen) atoms. The summed E-state index contributed by atoms with van der Waals surface area (Å²) in [6.07, 6.45) is 37.7. The topological polar surface area (TPSA) is 255 Å². The lowest BCUT2D eigenvalue weighted by Crippen LogP contribution is -2.40. The Kier molecular flexibility index (Phi) is 39.4. The number of unbranched alkanes of at least 4 members (excludes halogenated alkanes) is 14. The number of carboxylic acid groups (broad SMARTS) is 2. The van der Waals surface area contributed by atoms with Gasteiger partial charge in [-0.25, -0.2) is 4.57 Å². The predicted octanol–water partition coefficient (Wildman–Crippen LogP) is 9.26. The average Bonchev–Trinajstić information content (AvgIpc) is 3.26. The van der Waals surface area contributed by atoms with Gasteiger partial charge >= 0.3 is 31.7 Å². The van der Waals surface area contributed by atoms with Crippen LogP contribution in [0, 0.1) is 0 Å². The van der Waals surface area contributed by atoms with Crippen LogP contribution in [0.1, 0.15) is 155 Å². The van der Waals surface area contributed by atoms with Crippen LogP contribution in [0.3, 0.4) is 0 Å². The first-order chi connectivity index (χ1) is 30.7. The number of hydrogen-bond acceptors (Lipinski definition) is 13. The molecule has 0 amide bonds. The maximum absolute atomic E-state index is 13.2. The van der Waals surface area contributed by atoms with Crippen LogP contribution < -0.4 is 11.5 Å². The van der Waals surface area contributed by atoms with Gasteiger partial charge in [-0.05, 0) is 64.2 Å². The second-order valence-electron chi connectivity index (χ2n) is 15.7. The van der Waals surface area contributed by atoms with Crippen molar-refractivity contribution >= 4 is 43.5 Å². The van der Waals surface area contributed by atoms with Crippen molar-refractivity contribution in [2.75, 3.05) is 25.6 Å². The third-order valence-electron chi connectivity index (χ3n) is 9.74. The highest BCUT2D eigenvalue weighted by atomic mass is 32.2. The zero-order valence-corrected chi connectivity index (χ0v) is 40.2. The van der Waals surface area contributed by atoms with Crippen molar-refractivity contribution in [3.8, 4) is 0 Å². The van der Waals surface area contributed by atoms with E-state index in [2.05, 4.69) is 42.7 Å². The van der Waals surface area contributed by atoms with E-state index in [0.717, 1.165) is 63.1 Å². The van der Waals surface area contributed by atoms with Gasteiger partial charge in [0.05, 0.1) is 19.3 Å². The van der Waals surface area contributed by atoms with Crippen molar-refractivity contribution in [3.63, 3.8) is 0 Å². The first-order valence-electron chi connectivity index (χ1n) is 23.3. The van der Waals surface area contributed by atoms with Crippen molar-refractivity contribution in [3.05, 3.63) is 60.8 Å². The van der Waals surface area contributed by atoms with E-state index >= 15 is 0 Å². The number of aliphatic hydroxyl groups is 1. The van der Waals surface area contributed by atoms with Crippen molar-refractivity contribution in [2.24, 2.45) is 11.5 Å². The van der Waals surface area contributed by atoms with Crippen molar-refractivity contribution in [1.29, 1.82) is 0 Å². The average molecular weight is 945 g/mol. The van der Waals surface area contributed by atoms with Gasteiger partial charge in [-0.15, -0.1) is 11.8 Å². The SMILES string of the molecule is CCCCC/C=C\C\C=C/C=C/C=C/[C@@H](SC[C@H](N)C(=O)O[C@H](COC(=O)CCCCCCC/C=C\CCCCCCCC)COP(=O)(O)OC[C@H](N)C(=O)O)[C@@H](O)CCCC(=O)O. The van der Waals surface area contributed by atoms with Gasteiger partial charge in [-0.2, -0.15) is 0 Å². The van der Waals surface area contributed by atoms with Crippen molar-refractivity contribution in [2.45, 2.75) is 185 Å². The molecule has 0 saturated carbocycles. The summed E-state index contributed by atoms with van der Waals surface area (Å²) in [4.78, 5) is 57.9. The minimum atomic E-state index is -4.88. The molecular weight excluding hydrogens is 864 g/mol. The number of rotatable bonds is 43. The minimum Gasteiger partial charge on any atom is -0.481 e. The van der Waals surface area contributed by atoms with Gasteiger partial charge in [0.1, 0.15) is 18.7 Å². The quantitative estimate of drug-likeness (QED) is 0.0109. The molecule has 0 rings (SSSR count). The Morgan fingerprint density at radius 1 is 0.656 bits per heavy atom. The van der Waals surface area contributed by atoms with E-state index in [9.17, 15) is 33.7 Å². The highest BCUT2D eigenvalue weighted by Gasteiger charge is 2.30. The Morgan fingerprint density at radius 2 is 1.22 bits per heavy atom. The molecule has 0 bridgehead atoms. The molecule has 0 saturated heterocycles. The third-order valence-corrected chi connectivity index (χ3v) is 12.1. The third kappa shape index (κ3) is 38.2. The number of esters is 2. The normalized spacial score (nSPS) is 15.5. The fourth-order valence-corrected chi connectivity index (χ4v) is 7.80. The molecule has 15 nitrogen and oxygen atoms in total. The van der Waals surface area contributed by atoms with Gasteiger partial charge in [-0.3, -0.25) is 28.2 Å². The zero-order valence-electron chi connectivity index (χ0n) is 38.5. The summed E-state index contributed by atoms with van der Waals surface area (Å²) < 4.78 is 32.8. The lowest BCUT2D eigenvalue weighted by Gasteiger charge is -2.23. The van der Waals surface area contributed by atoms with E-state index < -0.39 is 81.1 Å². The smallest absolute Gasteiger partial charge is 0.472 e. The zero-order chi connectivity index (χ0) is 47.7. The summed E-state index contributed by atoms with van der Waals surface area (Å²) >= 11 is 1.15. The number of aliphatic hydroxyl groups excluding tert-OH is 1. The monoisotopic (exact) mass is 945 g/mol. The summed E-state index contributed by atoms with van der Waals surface area (Å²) in [6, 6.07) is -2.87. The molecule has 0 fully saturated rings. The van der Waals surface area contributed by atoms with E-state index in [0.29, 0.717) is 6.42 Å². The van der Waals surface area contributed by atoms with Gasteiger partial charge in [0.15, 0.2) is 6.10 Å². The lowest BCUT2D eigenvalue weighted by molar-refractivity contribution is -0.161. The molecule has 0 heterocycles. The molecule has 0 aliphatic rings. The molecule has 0 radical (unpaired) electrons. The number of carboxylic acids is 2. The molecule has 0 aliphatic heterocycles. The highest BCUT2D eigenvalue weighted by Crippen LogP contribution is 2.43. The second-order valence-corrected chi connectivity index (χ2v) is 18.4. The number of carbonyl (C=O) groups excluding carboxylic acids is 2. The van der Waals surface area contributed by atoms with Gasteiger partial charge in [0, 0.05) is 23.8 Å². The summed E-state index contributed by atoms with van der Waals surface area (Å²) in [6.45, 7) is 2.24. The number of hydrogen-bond donors (Lipinski definition) is 6. The van der Waals surface area contributed by atoms with Gasteiger partial charge in [0.2, 0.25) is 0 Å². The van der Waals surface area contributed by atoms with E-state index in [1.165, 1.54) is 57.8 Å². The molecule has 0 spiro atoms. The van der Waals surface area contributed by atoms with E-state index in [1.54, 1.807) is 18.2 Å². The summed E-state index contributed by atoms with van der Waals surface area (Å²) in [5, 5.41) is 28.4. The molecule has 1 unspecified atom stereocenters. The minimum absolute atomic E-state index is 0.0461. The summed E-state index contributed by atoms with van der Waals surface area (Å²) in [7, 11) is -4.88. The number of nitrogens with two attached hydrogens (primary N) is 2.